The maximum atomic E-state index is 6.23. The Morgan fingerprint density at radius 1 is 1.11 bits per heavy atom. The third kappa shape index (κ3) is 2.87. The lowest BCUT2D eigenvalue weighted by atomic mass is 10.0. The summed E-state index contributed by atoms with van der Waals surface area (Å²) in [6.45, 7) is 5.63. The van der Waals surface area contributed by atoms with Gasteiger partial charge in [-0.15, -0.1) is 0 Å². The van der Waals surface area contributed by atoms with Crippen LogP contribution in [0.5, 0.6) is 0 Å². The molecule has 5 nitrogen and oxygen atoms in total. The molecule has 0 saturated carbocycles. The van der Waals surface area contributed by atoms with E-state index in [0.717, 1.165) is 48.3 Å². The van der Waals surface area contributed by atoms with E-state index in [9.17, 15) is 0 Å². The summed E-state index contributed by atoms with van der Waals surface area (Å²) in [5.74, 6) is 0. The molecule has 2 aliphatic rings. The van der Waals surface area contributed by atoms with Gasteiger partial charge in [-0.25, -0.2) is 4.68 Å². The first-order valence-electron chi connectivity index (χ1n) is 9.24. The van der Waals surface area contributed by atoms with Crippen molar-refractivity contribution in [3.8, 4) is 11.3 Å². The largest absolute Gasteiger partial charge is 0.378 e. The molecule has 5 rings (SSSR count). The van der Waals surface area contributed by atoms with Crippen molar-refractivity contribution >= 4 is 23.0 Å². The summed E-state index contributed by atoms with van der Waals surface area (Å²) in [6.07, 6.45) is 1.80. The topological polar surface area (TPSA) is 42.3 Å². The van der Waals surface area contributed by atoms with Crippen LogP contribution in [0.25, 0.3) is 11.3 Å². The number of hydrogen-bond acceptors (Lipinski definition) is 4. The summed E-state index contributed by atoms with van der Waals surface area (Å²) in [7, 11) is 0. The van der Waals surface area contributed by atoms with Crippen LogP contribution in [0, 0.1) is 6.92 Å². The van der Waals surface area contributed by atoms with Crippen molar-refractivity contribution in [1.82, 2.24) is 9.78 Å². The fraction of sp³-hybridized carbons (Fsp3) is 0.286. The highest BCUT2D eigenvalue weighted by Gasteiger charge is 2.27. The Balaban J connectivity index is 1.53. The Bertz CT molecular complexity index is 994. The molecule has 1 fully saturated rings. The molecule has 1 atom stereocenters. The van der Waals surface area contributed by atoms with Crippen LogP contribution in [0.2, 0.25) is 5.02 Å². The van der Waals surface area contributed by atoms with E-state index in [2.05, 4.69) is 46.5 Å². The average Bonchev–Trinajstić information content (AvgIpc) is 3.18. The summed E-state index contributed by atoms with van der Waals surface area (Å²) < 4.78 is 7.52. The van der Waals surface area contributed by atoms with E-state index in [1.165, 1.54) is 16.8 Å². The van der Waals surface area contributed by atoms with Gasteiger partial charge in [0.15, 0.2) is 0 Å². The van der Waals surface area contributed by atoms with E-state index < -0.39 is 0 Å². The first-order valence-corrected chi connectivity index (χ1v) is 9.62. The highest BCUT2D eigenvalue weighted by atomic mass is 35.5. The molecule has 1 saturated heterocycles. The molecule has 0 radical (unpaired) electrons. The first kappa shape index (κ1) is 16.7. The van der Waals surface area contributed by atoms with Crippen LogP contribution in [0.15, 0.2) is 48.7 Å². The monoisotopic (exact) mass is 380 g/mol. The van der Waals surface area contributed by atoms with Gasteiger partial charge >= 0.3 is 0 Å². The number of benzene rings is 2. The number of halogens is 1. The predicted octanol–water partition coefficient (Wildman–Crippen LogP) is 4.32. The van der Waals surface area contributed by atoms with Crippen LogP contribution in [0.3, 0.4) is 0 Å². The number of aryl methyl sites for hydroxylation is 1. The number of nitrogens with one attached hydrogen (secondary N) is 1. The molecular formula is C21H21ClN4O. The number of ether oxygens (including phenoxy) is 1. The molecule has 3 aromatic rings. The third-order valence-electron chi connectivity index (χ3n) is 5.39. The van der Waals surface area contributed by atoms with E-state index in [-0.39, 0.29) is 6.17 Å². The molecule has 138 valence electrons. The molecule has 0 bridgehead atoms. The first-order chi connectivity index (χ1) is 13.2. The van der Waals surface area contributed by atoms with Gasteiger partial charge in [0, 0.05) is 41.2 Å². The average molecular weight is 381 g/mol. The molecular weight excluding hydrogens is 360 g/mol. The Hall–Kier alpha value is -2.50. The van der Waals surface area contributed by atoms with Crippen molar-refractivity contribution in [3.05, 3.63) is 64.8 Å². The Morgan fingerprint density at radius 2 is 1.96 bits per heavy atom. The normalized spacial score (nSPS) is 18.6. The Kier molecular flexibility index (Phi) is 4.06. The number of aromatic nitrogens is 2. The van der Waals surface area contributed by atoms with Crippen LogP contribution in [-0.2, 0) is 4.74 Å². The molecule has 3 heterocycles. The van der Waals surface area contributed by atoms with Crippen LogP contribution in [0.4, 0.5) is 11.4 Å². The number of hydrogen-bond donors (Lipinski definition) is 1. The SMILES string of the molecule is Cc1cc(N2CCOCC2)ccc1[C@H]1Nc2cc(Cl)ccc2-c2ccnn21. The highest BCUT2D eigenvalue weighted by Crippen LogP contribution is 2.40. The summed E-state index contributed by atoms with van der Waals surface area (Å²) in [6, 6.07) is 14.7. The quantitative estimate of drug-likeness (QED) is 0.719. The number of anilines is 2. The van der Waals surface area contributed by atoms with Crippen molar-refractivity contribution in [2.45, 2.75) is 13.1 Å². The van der Waals surface area contributed by atoms with E-state index in [4.69, 9.17) is 16.3 Å². The number of morpholine rings is 1. The van der Waals surface area contributed by atoms with Gasteiger partial charge in [0.25, 0.3) is 0 Å². The van der Waals surface area contributed by atoms with Crippen LogP contribution < -0.4 is 10.2 Å². The van der Waals surface area contributed by atoms with Crippen molar-refractivity contribution in [2.24, 2.45) is 0 Å². The van der Waals surface area contributed by atoms with Gasteiger partial charge in [-0.3, -0.25) is 0 Å². The lowest BCUT2D eigenvalue weighted by Gasteiger charge is -2.32. The molecule has 1 N–H and O–H groups in total. The van der Waals surface area contributed by atoms with Gasteiger partial charge in [-0.2, -0.15) is 5.10 Å². The molecule has 0 aliphatic carbocycles. The molecule has 6 heteroatoms. The van der Waals surface area contributed by atoms with Crippen LogP contribution in [0.1, 0.15) is 17.3 Å². The molecule has 2 aliphatic heterocycles. The maximum absolute atomic E-state index is 6.23. The minimum Gasteiger partial charge on any atom is -0.378 e. The predicted molar refractivity (Wildman–Crippen MR) is 109 cm³/mol. The smallest absolute Gasteiger partial charge is 0.147 e. The van der Waals surface area contributed by atoms with E-state index >= 15 is 0 Å². The van der Waals surface area contributed by atoms with Gasteiger partial charge < -0.3 is 15.0 Å². The van der Waals surface area contributed by atoms with E-state index in [1.807, 2.05) is 29.1 Å². The molecule has 0 spiro atoms. The standard InChI is InChI=1S/C21H21ClN4O/c1-14-12-16(25-8-10-27-11-9-25)3-5-17(14)21-24-19-13-15(22)2-4-18(19)20-6-7-23-26(20)21/h2-7,12-13,21,24H,8-11H2,1H3/t21-/m0/s1. The number of rotatable bonds is 2. The van der Waals surface area contributed by atoms with E-state index in [1.54, 1.807) is 0 Å². The second-order valence-electron chi connectivity index (χ2n) is 7.04. The molecule has 0 amide bonds. The zero-order valence-corrected chi connectivity index (χ0v) is 15.9. The number of nitrogens with zero attached hydrogens (tertiary/aromatic N) is 3. The van der Waals surface area contributed by atoms with Gasteiger partial charge in [0.1, 0.15) is 6.17 Å². The second kappa shape index (κ2) is 6.59. The van der Waals surface area contributed by atoms with Crippen molar-refractivity contribution in [2.75, 3.05) is 36.5 Å². The third-order valence-corrected chi connectivity index (χ3v) is 5.62. The lowest BCUT2D eigenvalue weighted by Crippen LogP contribution is -2.36. The van der Waals surface area contributed by atoms with Gasteiger partial charge in [0.05, 0.1) is 18.9 Å². The van der Waals surface area contributed by atoms with Crippen molar-refractivity contribution < 1.29 is 4.74 Å². The fourth-order valence-corrected chi connectivity index (χ4v) is 4.17. The Labute approximate surface area is 163 Å². The Morgan fingerprint density at radius 3 is 2.78 bits per heavy atom. The minimum absolute atomic E-state index is 0.0558. The second-order valence-corrected chi connectivity index (χ2v) is 7.47. The van der Waals surface area contributed by atoms with Gasteiger partial charge in [-0.05, 0) is 54.4 Å². The molecule has 1 aromatic heterocycles. The summed E-state index contributed by atoms with van der Waals surface area (Å²) >= 11 is 6.23. The van der Waals surface area contributed by atoms with Gasteiger partial charge in [0.2, 0.25) is 0 Å². The summed E-state index contributed by atoms with van der Waals surface area (Å²) in [5.41, 5.74) is 6.96. The van der Waals surface area contributed by atoms with Crippen LogP contribution >= 0.6 is 11.6 Å². The van der Waals surface area contributed by atoms with Crippen LogP contribution in [-0.4, -0.2) is 36.1 Å². The van der Waals surface area contributed by atoms with Crippen molar-refractivity contribution in [1.29, 1.82) is 0 Å². The van der Waals surface area contributed by atoms with Gasteiger partial charge in [-0.1, -0.05) is 17.7 Å². The summed E-state index contributed by atoms with van der Waals surface area (Å²) in [5, 5.41) is 8.93. The maximum Gasteiger partial charge on any atom is 0.147 e. The number of fused-ring (bicyclic) bond motifs is 3. The lowest BCUT2D eigenvalue weighted by molar-refractivity contribution is 0.122. The highest BCUT2D eigenvalue weighted by molar-refractivity contribution is 6.31. The summed E-state index contributed by atoms with van der Waals surface area (Å²) in [4.78, 5) is 2.38. The van der Waals surface area contributed by atoms with E-state index in [0.29, 0.717) is 0 Å². The fourth-order valence-electron chi connectivity index (χ4n) is 4.00. The minimum atomic E-state index is -0.0558. The zero-order valence-electron chi connectivity index (χ0n) is 15.2. The zero-order chi connectivity index (χ0) is 18.4. The molecule has 27 heavy (non-hydrogen) atoms. The molecule has 2 aromatic carbocycles. The van der Waals surface area contributed by atoms with Crippen molar-refractivity contribution in [3.63, 3.8) is 0 Å². The molecule has 0 unspecified atom stereocenters.